The highest BCUT2D eigenvalue weighted by Gasteiger charge is 2.51. The third-order valence-electron chi connectivity index (χ3n) is 4.66. The molecule has 1 aliphatic carbocycles. The first-order chi connectivity index (χ1) is 9.16. The van der Waals surface area contributed by atoms with Crippen molar-refractivity contribution in [3.05, 3.63) is 0 Å². The Morgan fingerprint density at radius 2 is 1.26 bits per heavy atom. The molecule has 2 unspecified atom stereocenters. The smallest absolute Gasteiger partial charge is 0.226 e. The fourth-order valence-corrected chi connectivity index (χ4v) is 3.17. The second-order valence-corrected chi connectivity index (χ2v) is 6.11. The van der Waals surface area contributed by atoms with Gasteiger partial charge in [-0.15, -0.1) is 0 Å². The van der Waals surface area contributed by atoms with Gasteiger partial charge in [-0.1, -0.05) is 0 Å². The Kier molecular flexibility index (Phi) is 3.48. The lowest BCUT2D eigenvalue weighted by atomic mass is 10.2. The molecular formula is C14H23N3O2. The van der Waals surface area contributed by atoms with E-state index in [1.165, 1.54) is 0 Å². The molecule has 0 radical (unpaired) electrons. The van der Waals surface area contributed by atoms with Crippen molar-refractivity contribution < 1.29 is 9.59 Å². The zero-order valence-corrected chi connectivity index (χ0v) is 11.7. The van der Waals surface area contributed by atoms with E-state index >= 15 is 0 Å². The molecule has 106 valence electrons. The SMILES string of the molecule is CN1CCN(C(=O)C2CC2C(=O)N2CCCC2)CC1. The number of piperazine rings is 1. The minimum Gasteiger partial charge on any atom is -0.342 e. The van der Waals surface area contributed by atoms with Crippen molar-refractivity contribution in [1.82, 2.24) is 14.7 Å². The molecule has 0 aromatic heterocycles. The Hall–Kier alpha value is -1.10. The van der Waals surface area contributed by atoms with Gasteiger partial charge in [0.25, 0.3) is 0 Å². The van der Waals surface area contributed by atoms with Crippen molar-refractivity contribution in [3.8, 4) is 0 Å². The summed E-state index contributed by atoms with van der Waals surface area (Å²) in [6.45, 7) is 5.31. The van der Waals surface area contributed by atoms with E-state index in [2.05, 4.69) is 11.9 Å². The number of rotatable bonds is 2. The highest BCUT2D eigenvalue weighted by molar-refractivity contribution is 5.92. The Labute approximate surface area is 114 Å². The second kappa shape index (κ2) is 5.12. The first kappa shape index (κ1) is 12.9. The van der Waals surface area contributed by atoms with Gasteiger partial charge in [-0.3, -0.25) is 9.59 Å². The average molecular weight is 265 g/mol. The Balaban J connectivity index is 1.51. The van der Waals surface area contributed by atoms with Crippen LogP contribution in [-0.2, 0) is 9.59 Å². The van der Waals surface area contributed by atoms with Crippen molar-refractivity contribution in [2.75, 3.05) is 46.3 Å². The van der Waals surface area contributed by atoms with Crippen molar-refractivity contribution in [2.24, 2.45) is 11.8 Å². The van der Waals surface area contributed by atoms with Crippen molar-refractivity contribution >= 4 is 11.8 Å². The molecule has 5 heteroatoms. The van der Waals surface area contributed by atoms with E-state index in [0.717, 1.165) is 58.5 Å². The molecule has 2 aliphatic heterocycles. The van der Waals surface area contributed by atoms with Crippen LogP contribution in [0.2, 0.25) is 0 Å². The quantitative estimate of drug-likeness (QED) is 0.707. The molecule has 0 aromatic carbocycles. The summed E-state index contributed by atoms with van der Waals surface area (Å²) in [6, 6.07) is 0. The third-order valence-corrected chi connectivity index (χ3v) is 4.66. The summed E-state index contributed by atoms with van der Waals surface area (Å²) >= 11 is 0. The van der Waals surface area contributed by atoms with Crippen LogP contribution in [0.5, 0.6) is 0 Å². The van der Waals surface area contributed by atoms with Gasteiger partial charge in [0.15, 0.2) is 0 Å². The molecule has 2 atom stereocenters. The molecule has 2 saturated heterocycles. The maximum Gasteiger partial charge on any atom is 0.226 e. The number of likely N-dealkylation sites (tertiary alicyclic amines) is 1. The van der Waals surface area contributed by atoms with Gasteiger partial charge in [0.1, 0.15) is 0 Å². The van der Waals surface area contributed by atoms with Crippen LogP contribution in [0.3, 0.4) is 0 Å². The van der Waals surface area contributed by atoms with E-state index in [9.17, 15) is 9.59 Å². The van der Waals surface area contributed by atoms with E-state index in [0.29, 0.717) is 0 Å². The van der Waals surface area contributed by atoms with E-state index in [1.807, 2.05) is 9.80 Å². The van der Waals surface area contributed by atoms with Crippen LogP contribution in [0.4, 0.5) is 0 Å². The van der Waals surface area contributed by atoms with Crippen LogP contribution in [0.15, 0.2) is 0 Å². The summed E-state index contributed by atoms with van der Waals surface area (Å²) in [5, 5.41) is 0. The maximum atomic E-state index is 12.3. The average Bonchev–Trinajstić information content (AvgIpc) is 3.03. The highest BCUT2D eigenvalue weighted by Crippen LogP contribution is 2.42. The number of hydrogen-bond acceptors (Lipinski definition) is 3. The van der Waals surface area contributed by atoms with E-state index in [1.54, 1.807) is 0 Å². The zero-order valence-electron chi connectivity index (χ0n) is 11.7. The van der Waals surface area contributed by atoms with Crippen LogP contribution < -0.4 is 0 Å². The lowest BCUT2D eigenvalue weighted by Crippen LogP contribution is -2.48. The van der Waals surface area contributed by atoms with Gasteiger partial charge >= 0.3 is 0 Å². The topological polar surface area (TPSA) is 43.9 Å². The molecule has 2 amide bonds. The van der Waals surface area contributed by atoms with Crippen LogP contribution >= 0.6 is 0 Å². The number of amides is 2. The number of carbonyl (C=O) groups is 2. The predicted molar refractivity (Wildman–Crippen MR) is 71.5 cm³/mol. The standard InChI is InChI=1S/C14H23N3O2/c1-15-6-8-17(9-7-15)14(19)12-10-11(12)13(18)16-4-2-3-5-16/h11-12H,2-10H2,1H3. The summed E-state index contributed by atoms with van der Waals surface area (Å²) in [5.74, 6) is 0.414. The summed E-state index contributed by atoms with van der Waals surface area (Å²) in [4.78, 5) is 30.7. The van der Waals surface area contributed by atoms with Crippen molar-refractivity contribution in [3.63, 3.8) is 0 Å². The minimum atomic E-state index is -0.0171. The van der Waals surface area contributed by atoms with E-state index in [4.69, 9.17) is 0 Å². The largest absolute Gasteiger partial charge is 0.342 e. The van der Waals surface area contributed by atoms with Gasteiger partial charge in [0, 0.05) is 39.3 Å². The Bertz CT molecular complexity index is 371. The van der Waals surface area contributed by atoms with Gasteiger partial charge in [-0.05, 0) is 26.3 Å². The Morgan fingerprint density at radius 1 is 0.789 bits per heavy atom. The fraction of sp³-hybridized carbons (Fsp3) is 0.857. The third kappa shape index (κ3) is 2.61. The lowest BCUT2D eigenvalue weighted by Gasteiger charge is -2.32. The molecule has 0 aromatic rings. The number of likely N-dealkylation sites (N-methyl/N-ethyl adjacent to an activating group) is 1. The monoisotopic (exact) mass is 265 g/mol. The summed E-state index contributed by atoms with van der Waals surface area (Å²) < 4.78 is 0. The normalized spacial score (nSPS) is 31.6. The highest BCUT2D eigenvalue weighted by atomic mass is 16.2. The molecule has 3 fully saturated rings. The van der Waals surface area contributed by atoms with E-state index in [-0.39, 0.29) is 23.7 Å². The van der Waals surface area contributed by atoms with Crippen molar-refractivity contribution in [2.45, 2.75) is 19.3 Å². The van der Waals surface area contributed by atoms with Crippen molar-refractivity contribution in [1.29, 1.82) is 0 Å². The molecule has 2 heterocycles. The molecule has 5 nitrogen and oxygen atoms in total. The molecule has 3 aliphatic rings. The Morgan fingerprint density at radius 3 is 1.79 bits per heavy atom. The van der Waals surface area contributed by atoms with Crippen LogP contribution in [-0.4, -0.2) is 72.8 Å². The van der Waals surface area contributed by atoms with E-state index < -0.39 is 0 Å². The molecule has 1 saturated carbocycles. The predicted octanol–water partition coefficient (Wildman–Crippen LogP) is 0.0189. The molecule has 0 N–H and O–H groups in total. The summed E-state index contributed by atoms with van der Waals surface area (Å²) in [6.07, 6.45) is 3.02. The number of hydrogen-bond donors (Lipinski definition) is 0. The lowest BCUT2D eigenvalue weighted by molar-refractivity contribution is -0.138. The number of carbonyl (C=O) groups excluding carboxylic acids is 2. The maximum absolute atomic E-state index is 12.3. The zero-order chi connectivity index (χ0) is 13.4. The van der Waals surface area contributed by atoms with Gasteiger partial charge in [0.2, 0.25) is 11.8 Å². The molecule has 0 bridgehead atoms. The molecule has 3 rings (SSSR count). The summed E-state index contributed by atoms with van der Waals surface area (Å²) in [5.41, 5.74) is 0. The first-order valence-corrected chi connectivity index (χ1v) is 7.43. The second-order valence-electron chi connectivity index (χ2n) is 6.11. The summed E-state index contributed by atoms with van der Waals surface area (Å²) in [7, 11) is 2.08. The van der Waals surface area contributed by atoms with Gasteiger partial charge in [-0.25, -0.2) is 0 Å². The van der Waals surface area contributed by atoms with Crippen LogP contribution in [0, 0.1) is 11.8 Å². The van der Waals surface area contributed by atoms with Gasteiger partial charge < -0.3 is 14.7 Å². The fourth-order valence-electron chi connectivity index (χ4n) is 3.17. The molecule has 19 heavy (non-hydrogen) atoms. The first-order valence-electron chi connectivity index (χ1n) is 7.43. The minimum absolute atomic E-state index is 0.00902. The van der Waals surface area contributed by atoms with Gasteiger partial charge in [0.05, 0.1) is 11.8 Å². The molecule has 0 spiro atoms. The van der Waals surface area contributed by atoms with Crippen LogP contribution in [0.25, 0.3) is 0 Å². The van der Waals surface area contributed by atoms with Gasteiger partial charge in [-0.2, -0.15) is 0 Å². The molecular weight excluding hydrogens is 242 g/mol. The number of nitrogens with zero attached hydrogens (tertiary/aromatic N) is 3. The van der Waals surface area contributed by atoms with Crippen LogP contribution in [0.1, 0.15) is 19.3 Å².